The minimum Gasteiger partial charge on any atom is -0.466 e. The highest BCUT2D eigenvalue weighted by Gasteiger charge is 2.99. The van der Waals surface area contributed by atoms with Gasteiger partial charge in [0.1, 0.15) is 0 Å². The maximum absolute atomic E-state index is 13.8. The predicted molar refractivity (Wildman–Crippen MR) is 102 cm³/mol. The Kier molecular flexibility index (Phi) is 2.89. The van der Waals surface area contributed by atoms with Crippen molar-refractivity contribution >= 4 is 23.5 Å². The van der Waals surface area contributed by atoms with Crippen molar-refractivity contribution in [3.63, 3.8) is 0 Å². The van der Waals surface area contributed by atoms with Gasteiger partial charge in [0.25, 0.3) is 0 Å². The smallest absolute Gasteiger partial charge is 0.314 e. The van der Waals surface area contributed by atoms with E-state index in [4.69, 9.17) is 9.47 Å². The van der Waals surface area contributed by atoms with Crippen molar-refractivity contribution in [2.24, 2.45) is 46.3 Å². The topological polar surface area (TPSA) is 86.7 Å². The molecule has 0 spiro atoms. The number of allylic oxidation sites excluding steroid dienone is 4. The SMILES string of the molecule is CCOC(=O)C12C3C4=C(C(=O)CC4)C4C3C3C(C5=C(C(=O)CC5)C31)C42C(=O)OCC. The molecule has 8 rings (SSSR count). The fourth-order valence-electron chi connectivity index (χ4n) is 9.89. The van der Waals surface area contributed by atoms with Crippen molar-refractivity contribution in [3.05, 3.63) is 22.3 Å². The molecular formula is C24H24O6. The molecule has 6 nitrogen and oxygen atoms in total. The number of hydrogen-bond donors (Lipinski definition) is 0. The molecule has 156 valence electrons. The lowest BCUT2D eigenvalue weighted by molar-refractivity contribution is -0.187. The van der Waals surface area contributed by atoms with Gasteiger partial charge in [0, 0.05) is 36.5 Å². The Morgan fingerprint density at radius 1 is 0.733 bits per heavy atom. The minimum absolute atomic E-state index is 0.0847. The van der Waals surface area contributed by atoms with Gasteiger partial charge in [-0.3, -0.25) is 19.2 Å². The molecule has 8 aliphatic carbocycles. The molecule has 0 saturated heterocycles. The second-order valence-electron chi connectivity index (χ2n) is 9.97. The van der Waals surface area contributed by atoms with Crippen LogP contribution in [0.15, 0.2) is 22.3 Å². The zero-order valence-corrected chi connectivity index (χ0v) is 17.2. The van der Waals surface area contributed by atoms with E-state index in [9.17, 15) is 19.2 Å². The molecule has 0 aromatic rings. The molecule has 0 amide bonds. The quantitative estimate of drug-likeness (QED) is 0.663. The van der Waals surface area contributed by atoms with Crippen LogP contribution in [0, 0.1) is 46.3 Å². The van der Waals surface area contributed by atoms with Crippen LogP contribution in [0.3, 0.4) is 0 Å². The van der Waals surface area contributed by atoms with Crippen LogP contribution in [0.25, 0.3) is 0 Å². The van der Waals surface area contributed by atoms with Crippen LogP contribution in [0.2, 0.25) is 0 Å². The van der Waals surface area contributed by atoms with E-state index in [-0.39, 0.29) is 72.2 Å². The molecule has 6 heteroatoms. The summed E-state index contributed by atoms with van der Waals surface area (Å²) in [5, 5.41) is 0. The third kappa shape index (κ3) is 1.29. The molecule has 30 heavy (non-hydrogen) atoms. The van der Waals surface area contributed by atoms with Gasteiger partial charge >= 0.3 is 11.9 Å². The van der Waals surface area contributed by atoms with Crippen molar-refractivity contribution in [2.75, 3.05) is 13.2 Å². The highest BCUT2D eigenvalue weighted by atomic mass is 16.5. The van der Waals surface area contributed by atoms with Gasteiger partial charge in [-0.25, -0.2) is 0 Å². The summed E-state index contributed by atoms with van der Waals surface area (Å²) in [7, 11) is 0. The standard InChI is InChI=1S/C24H24O6/c1-3-29-21(27)23-17-9-5-7-12(26)14(9)20-15(17)16-18(24(20,23)22(28)30-4-2)10-6-8-11(25)13(10)19(16)23/h15-20H,3-8H2,1-2H3. The number of hydrogen-bond acceptors (Lipinski definition) is 6. The molecule has 4 saturated carbocycles. The number of rotatable bonds is 4. The van der Waals surface area contributed by atoms with E-state index in [0.717, 1.165) is 22.3 Å². The van der Waals surface area contributed by atoms with Crippen molar-refractivity contribution in [2.45, 2.75) is 39.5 Å². The molecule has 0 aromatic carbocycles. The first kappa shape index (κ1) is 17.4. The zero-order chi connectivity index (χ0) is 20.7. The molecule has 8 aliphatic rings. The Balaban J connectivity index is 1.56. The van der Waals surface area contributed by atoms with Crippen molar-refractivity contribution in [3.8, 4) is 0 Å². The summed E-state index contributed by atoms with van der Waals surface area (Å²) >= 11 is 0. The fraction of sp³-hybridized carbons (Fsp3) is 0.667. The van der Waals surface area contributed by atoms with Crippen molar-refractivity contribution < 1.29 is 28.7 Å². The van der Waals surface area contributed by atoms with Crippen LogP contribution in [0.1, 0.15) is 39.5 Å². The lowest BCUT2D eigenvalue weighted by atomic mass is 9.48. The van der Waals surface area contributed by atoms with Gasteiger partial charge in [0.05, 0.1) is 24.0 Å². The lowest BCUT2D eigenvalue weighted by Gasteiger charge is -2.52. The lowest BCUT2D eigenvalue weighted by Crippen LogP contribution is -2.61. The van der Waals surface area contributed by atoms with Gasteiger partial charge < -0.3 is 9.47 Å². The Hall–Kier alpha value is -2.24. The van der Waals surface area contributed by atoms with Crippen LogP contribution in [-0.2, 0) is 28.7 Å². The van der Waals surface area contributed by atoms with E-state index in [1.165, 1.54) is 0 Å². The normalized spacial score (nSPS) is 47.8. The van der Waals surface area contributed by atoms with E-state index in [2.05, 4.69) is 0 Å². The molecule has 8 atom stereocenters. The first-order valence-corrected chi connectivity index (χ1v) is 11.4. The summed E-state index contributed by atoms with van der Waals surface area (Å²) in [6.45, 7) is 4.02. The minimum atomic E-state index is -1.07. The summed E-state index contributed by atoms with van der Waals surface area (Å²) in [5.41, 5.74) is 1.70. The number of Topliss-reactive ketones (excluding diaryl/α,β-unsaturated/α-hetero) is 2. The van der Waals surface area contributed by atoms with Crippen LogP contribution in [-0.4, -0.2) is 36.7 Å². The Morgan fingerprint density at radius 3 is 1.50 bits per heavy atom. The second kappa shape index (κ2) is 4.97. The van der Waals surface area contributed by atoms with Crippen molar-refractivity contribution in [1.82, 2.24) is 0 Å². The van der Waals surface area contributed by atoms with Crippen LogP contribution in [0.5, 0.6) is 0 Å². The van der Waals surface area contributed by atoms with E-state index >= 15 is 0 Å². The summed E-state index contributed by atoms with van der Waals surface area (Å²) in [4.78, 5) is 53.5. The average molecular weight is 408 g/mol. The highest BCUT2D eigenvalue weighted by molar-refractivity contribution is 6.10. The second-order valence-corrected chi connectivity index (χ2v) is 9.97. The maximum atomic E-state index is 13.8. The van der Waals surface area contributed by atoms with E-state index < -0.39 is 10.8 Å². The Bertz CT molecular complexity index is 980. The first-order valence-electron chi connectivity index (χ1n) is 11.4. The van der Waals surface area contributed by atoms with E-state index in [1.807, 2.05) is 0 Å². The molecule has 0 N–H and O–H groups in total. The van der Waals surface area contributed by atoms with Gasteiger partial charge in [-0.2, -0.15) is 0 Å². The molecule has 0 radical (unpaired) electrons. The molecular weight excluding hydrogens is 384 g/mol. The average Bonchev–Trinajstić information content (AvgIpc) is 3.51. The van der Waals surface area contributed by atoms with E-state index in [0.29, 0.717) is 25.7 Å². The molecule has 0 heterocycles. The third-order valence-corrected chi connectivity index (χ3v) is 9.77. The van der Waals surface area contributed by atoms with E-state index in [1.54, 1.807) is 13.8 Å². The summed E-state index contributed by atoms with van der Waals surface area (Å²) in [6.07, 6.45) is 2.29. The van der Waals surface area contributed by atoms with Gasteiger partial charge in [0.15, 0.2) is 11.6 Å². The summed E-state index contributed by atoms with van der Waals surface area (Å²) in [5.74, 6) is -1.03. The summed E-state index contributed by atoms with van der Waals surface area (Å²) in [6, 6.07) is 0. The zero-order valence-electron chi connectivity index (χ0n) is 17.2. The number of esters is 2. The number of ketones is 2. The predicted octanol–water partition coefficient (Wildman–Crippen LogP) is 2.17. The molecule has 0 aromatic heterocycles. The highest BCUT2D eigenvalue weighted by Crippen LogP contribution is 2.95. The number of carbonyl (C=O) groups is 4. The third-order valence-electron chi connectivity index (χ3n) is 9.77. The Morgan fingerprint density at radius 2 is 1.13 bits per heavy atom. The molecule has 8 bridgehead atoms. The first-order chi connectivity index (χ1) is 14.5. The van der Waals surface area contributed by atoms with Crippen LogP contribution in [0.4, 0.5) is 0 Å². The van der Waals surface area contributed by atoms with Gasteiger partial charge in [0.2, 0.25) is 0 Å². The van der Waals surface area contributed by atoms with Crippen LogP contribution < -0.4 is 0 Å². The largest absolute Gasteiger partial charge is 0.466 e. The maximum Gasteiger partial charge on any atom is 0.314 e. The number of ether oxygens (including phenoxy) is 2. The van der Waals surface area contributed by atoms with Gasteiger partial charge in [-0.15, -0.1) is 0 Å². The van der Waals surface area contributed by atoms with Gasteiger partial charge in [-0.05, 0) is 49.7 Å². The summed E-state index contributed by atoms with van der Waals surface area (Å²) < 4.78 is 11.3. The molecule has 4 fully saturated rings. The fourth-order valence-corrected chi connectivity index (χ4v) is 9.89. The molecule has 0 aliphatic heterocycles. The monoisotopic (exact) mass is 408 g/mol. The number of carbonyl (C=O) groups excluding carboxylic acids is 4. The van der Waals surface area contributed by atoms with Crippen LogP contribution >= 0.6 is 0 Å². The Labute approximate surface area is 174 Å². The van der Waals surface area contributed by atoms with Gasteiger partial charge in [-0.1, -0.05) is 11.1 Å². The van der Waals surface area contributed by atoms with Crippen molar-refractivity contribution in [1.29, 1.82) is 0 Å². The molecule has 8 unspecified atom stereocenters.